The Bertz CT molecular complexity index is 273. The highest BCUT2D eigenvalue weighted by Gasteiger charge is 2.41. The van der Waals surface area contributed by atoms with Crippen LogP contribution in [0, 0.1) is 34.0 Å². The van der Waals surface area contributed by atoms with Gasteiger partial charge >= 0.3 is 5.97 Å². The minimum absolute atomic E-state index is 0.262. The van der Waals surface area contributed by atoms with E-state index in [4.69, 9.17) is 15.3 Å². The summed E-state index contributed by atoms with van der Waals surface area (Å²) in [6.07, 6.45) is 0.414. The van der Waals surface area contributed by atoms with Gasteiger partial charge in [-0.05, 0) is 20.3 Å². The maximum Gasteiger partial charge on any atom is 0.314 e. The second-order valence-electron chi connectivity index (χ2n) is 3.18. The number of nitriles is 2. The zero-order valence-corrected chi connectivity index (χ0v) is 8.70. The molecule has 0 aliphatic rings. The number of hydrogen-bond donors (Lipinski definition) is 0. The van der Waals surface area contributed by atoms with Crippen molar-refractivity contribution in [2.75, 3.05) is 6.61 Å². The van der Waals surface area contributed by atoms with E-state index >= 15 is 0 Å². The van der Waals surface area contributed by atoms with Crippen molar-refractivity contribution in [3.05, 3.63) is 0 Å². The number of carbonyl (C=O) groups excluding carboxylic acids is 1. The third-order valence-corrected chi connectivity index (χ3v) is 2.37. The summed E-state index contributed by atoms with van der Waals surface area (Å²) >= 11 is 0. The van der Waals surface area contributed by atoms with Gasteiger partial charge in [0.25, 0.3) is 0 Å². The first kappa shape index (κ1) is 12.4. The third-order valence-electron chi connectivity index (χ3n) is 2.37. The molecule has 0 fully saturated rings. The zero-order valence-electron chi connectivity index (χ0n) is 8.70. The molecule has 0 rings (SSSR count). The van der Waals surface area contributed by atoms with Gasteiger partial charge in [-0.15, -0.1) is 0 Å². The average Bonchev–Trinajstić information content (AvgIpc) is 2.19. The fourth-order valence-electron chi connectivity index (χ4n) is 1.08. The van der Waals surface area contributed by atoms with Gasteiger partial charge in [0.15, 0.2) is 0 Å². The highest BCUT2D eigenvalue weighted by Crippen LogP contribution is 2.32. The molecule has 0 bridgehead atoms. The van der Waals surface area contributed by atoms with Crippen LogP contribution in [0.2, 0.25) is 0 Å². The van der Waals surface area contributed by atoms with Crippen molar-refractivity contribution < 1.29 is 9.53 Å². The molecule has 14 heavy (non-hydrogen) atoms. The molecule has 0 N–H and O–H groups in total. The van der Waals surface area contributed by atoms with E-state index in [1.54, 1.807) is 20.8 Å². The number of nitrogens with zero attached hydrogens (tertiary/aromatic N) is 2. The standard InChI is InChI=1S/C10H14N2O2/c1-4-10(3,8(6-11)7-12)9(13)14-5-2/h8H,4-5H2,1-3H3. The summed E-state index contributed by atoms with van der Waals surface area (Å²) in [4.78, 5) is 11.5. The fourth-order valence-corrected chi connectivity index (χ4v) is 1.08. The minimum atomic E-state index is -1.01. The van der Waals surface area contributed by atoms with E-state index in [2.05, 4.69) is 0 Å². The Labute approximate surface area is 84.1 Å². The van der Waals surface area contributed by atoms with Crippen molar-refractivity contribution in [2.45, 2.75) is 27.2 Å². The van der Waals surface area contributed by atoms with Gasteiger partial charge in [-0.2, -0.15) is 10.5 Å². The van der Waals surface area contributed by atoms with E-state index in [9.17, 15) is 4.79 Å². The molecule has 0 aromatic heterocycles. The van der Waals surface area contributed by atoms with Gasteiger partial charge in [-0.1, -0.05) is 6.92 Å². The smallest absolute Gasteiger partial charge is 0.314 e. The molecular weight excluding hydrogens is 180 g/mol. The molecule has 0 spiro atoms. The van der Waals surface area contributed by atoms with Crippen LogP contribution >= 0.6 is 0 Å². The molecule has 76 valence electrons. The number of ether oxygens (including phenoxy) is 1. The van der Waals surface area contributed by atoms with Crippen LogP contribution in [0.15, 0.2) is 0 Å². The van der Waals surface area contributed by atoms with Crippen molar-refractivity contribution in [3.63, 3.8) is 0 Å². The molecule has 0 aromatic carbocycles. The molecule has 0 radical (unpaired) electrons. The molecule has 0 amide bonds. The van der Waals surface area contributed by atoms with E-state index in [-0.39, 0.29) is 6.61 Å². The first-order chi connectivity index (χ1) is 6.56. The van der Waals surface area contributed by atoms with E-state index < -0.39 is 17.3 Å². The second-order valence-corrected chi connectivity index (χ2v) is 3.18. The summed E-state index contributed by atoms with van der Waals surface area (Å²) in [6.45, 7) is 5.31. The third kappa shape index (κ3) is 2.23. The van der Waals surface area contributed by atoms with Crippen LogP contribution in [0.3, 0.4) is 0 Å². The predicted octanol–water partition coefficient (Wildman–Crippen LogP) is 1.63. The maximum absolute atomic E-state index is 11.5. The fraction of sp³-hybridized carbons (Fsp3) is 0.700. The quantitative estimate of drug-likeness (QED) is 0.637. The molecule has 0 aliphatic carbocycles. The average molecular weight is 194 g/mol. The Kier molecular flexibility index (Phi) is 4.66. The number of hydrogen-bond acceptors (Lipinski definition) is 4. The highest BCUT2D eigenvalue weighted by atomic mass is 16.5. The lowest BCUT2D eigenvalue weighted by Gasteiger charge is -2.25. The van der Waals surface area contributed by atoms with E-state index in [1.165, 1.54) is 0 Å². The zero-order chi connectivity index (χ0) is 11.2. The molecule has 4 nitrogen and oxygen atoms in total. The van der Waals surface area contributed by atoms with Gasteiger partial charge < -0.3 is 4.74 Å². The Morgan fingerprint density at radius 3 is 2.21 bits per heavy atom. The number of rotatable bonds is 4. The lowest BCUT2D eigenvalue weighted by atomic mass is 9.76. The van der Waals surface area contributed by atoms with Crippen LogP contribution in [-0.2, 0) is 9.53 Å². The summed E-state index contributed by atoms with van der Waals surface area (Å²) < 4.78 is 4.84. The number of carbonyl (C=O) groups is 1. The van der Waals surface area contributed by atoms with Crippen molar-refractivity contribution >= 4 is 5.97 Å². The highest BCUT2D eigenvalue weighted by molar-refractivity contribution is 5.77. The molecule has 0 aliphatic heterocycles. The largest absolute Gasteiger partial charge is 0.466 e. The van der Waals surface area contributed by atoms with Crippen LogP contribution in [0.1, 0.15) is 27.2 Å². The lowest BCUT2D eigenvalue weighted by molar-refractivity contribution is -0.155. The van der Waals surface area contributed by atoms with E-state index in [0.29, 0.717) is 6.42 Å². The molecule has 1 atom stereocenters. The molecule has 4 heteroatoms. The van der Waals surface area contributed by atoms with E-state index in [1.807, 2.05) is 12.1 Å². The predicted molar refractivity (Wildman–Crippen MR) is 49.7 cm³/mol. The lowest BCUT2D eigenvalue weighted by Crippen LogP contribution is -2.35. The van der Waals surface area contributed by atoms with E-state index in [0.717, 1.165) is 0 Å². The van der Waals surface area contributed by atoms with Gasteiger partial charge in [0.2, 0.25) is 0 Å². The van der Waals surface area contributed by atoms with Crippen molar-refractivity contribution in [1.29, 1.82) is 10.5 Å². The summed E-state index contributed by atoms with van der Waals surface area (Å²) in [5.41, 5.74) is -1.01. The molecule has 0 saturated carbocycles. The van der Waals surface area contributed by atoms with Crippen LogP contribution in [0.4, 0.5) is 0 Å². The summed E-state index contributed by atoms with van der Waals surface area (Å²) in [5.74, 6) is -1.43. The van der Waals surface area contributed by atoms with Crippen LogP contribution in [0.25, 0.3) is 0 Å². The topological polar surface area (TPSA) is 73.9 Å². The first-order valence-corrected chi connectivity index (χ1v) is 4.53. The van der Waals surface area contributed by atoms with Gasteiger partial charge in [-0.3, -0.25) is 4.79 Å². The molecular formula is C10H14N2O2. The van der Waals surface area contributed by atoms with Crippen LogP contribution in [0.5, 0.6) is 0 Å². The number of esters is 1. The molecule has 0 heterocycles. The van der Waals surface area contributed by atoms with Crippen LogP contribution < -0.4 is 0 Å². The molecule has 0 saturated heterocycles. The monoisotopic (exact) mass is 194 g/mol. The van der Waals surface area contributed by atoms with Gasteiger partial charge in [0.1, 0.15) is 5.92 Å². The molecule has 1 unspecified atom stereocenters. The van der Waals surface area contributed by atoms with Crippen molar-refractivity contribution in [1.82, 2.24) is 0 Å². The first-order valence-electron chi connectivity index (χ1n) is 4.53. The summed E-state index contributed by atoms with van der Waals surface area (Å²) in [6, 6.07) is 3.64. The summed E-state index contributed by atoms with van der Waals surface area (Å²) in [5, 5.41) is 17.5. The van der Waals surface area contributed by atoms with Gasteiger partial charge in [-0.25, -0.2) is 0 Å². The maximum atomic E-state index is 11.5. The Hall–Kier alpha value is -1.55. The van der Waals surface area contributed by atoms with Crippen LogP contribution in [-0.4, -0.2) is 12.6 Å². The normalized spacial score (nSPS) is 13.9. The second kappa shape index (κ2) is 5.24. The molecule has 0 aromatic rings. The van der Waals surface area contributed by atoms with Gasteiger partial charge in [0, 0.05) is 0 Å². The Morgan fingerprint density at radius 1 is 1.43 bits per heavy atom. The van der Waals surface area contributed by atoms with Crippen molar-refractivity contribution in [2.24, 2.45) is 11.3 Å². The minimum Gasteiger partial charge on any atom is -0.466 e. The Balaban J connectivity index is 4.90. The SMILES string of the molecule is CCOC(=O)C(C)(CC)C(C#N)C#N. The Morgan fingerprint density at radius 2 is 1.93 bits per heavy atom. The van der Waals surface area contributed by atoms with Gasteiger partial charge in [0.05, 0.1) is 24.2 Å². The summed E-state index contributed by atoms with van der Waals surface area (Å²) in [7, 11) is 0. The van der Waals surface area contributed by atoms with Crippen molar-refractivity contribution in [3.8, 4) is 12.1 Å².